The third-order valence-electron chi connectivity index (χ3n) is 4.39. The van der Waals surface area contributed by atoms with Gasteiger partial charge in [0, 0.05) is 6.04 Å². The Morgan fingerprint density at radius 1 is 1.40 bits per heavy atom. The number of imidazole rings is 1. The van der Waals surface area contributed by atoms with E-state index in [4.69, 9.17) is 5.11 Å². The van der Waals surface area contributed by atoms with Crippen LogP contribution in [0.25, 0.3) is 11.0 Å². The normalized spacial score (nSPS) is 23.1. The molecule has 1 saturated carbocycles. The highest BCUT2D eigenvalue weighted by molar-refractivity contribution is 5.92. The number of nitrogens with zero attached hydrogens (tertiary/aromatic N) is 2. The van der Waals surface area contributed by atoms with Crippen molar-refractivity contribution < 1.29 is 9.90 Å². The van der Waals surface area contributed by atoms with Crippen LogP contribution in [-0.2, 0) is 0 Å². The van der Waals surface area contributed by atoms with Crippen molar-refractivity contribution in [2.75, 3.05) is 0 Å². The van der Waals surface area contributed by atoms with Crippen LogP contribution >= 0.6 is 0 Å². The molecule has 20 heavy (non-hydrogen) atoms. The van der Waals surface area contributed by atoms with Crippen LogP contribution in [0.15, 0.2) is 18.2 Å². The summed E-state index contributed by atoms with van der Waals surface area (Å²) in [6.07, 6.45) is 4.85. The lowest BCUT2D eigenvalue weighted by atomic mass is 9.87. The molecule has 0 radical (unpaired) electrons. The van der Waals surface area contributed by atoms with E-state index < -0.39 is 5.97 Å². The number of rotatable bonds is 2. The Balaban J connectivity index is 2.10. The highest BCUT2D eigenvalue weighted by Gasteiger charge is 2.23. The van der Waals surface area contributed by atoms with Gasteiger partial charge in [0.15, 0.2) is 0 Å². The van der Waals surface area contributed by atoms with Crippen LogP contribution in [0, 0.1) is 12.8 Å². The van der Waals surface area contributed by atoms with E-state index >= 15 is 0 Å². The number of hydrogen-bond acceptors (Lipinski definition) is 2. The van der Waals surface area contributed by atoms with Gasteiger partial charge < -0.3 is 9.67 Å². The van der Waals surface area contributed by atoms with Gasteiger partial charge in [0.1, 0.15) is 5.82 Å². The van der Waals surface area contributed by atoms with E-state index in [0.29, 0.717) is 11.6 Å². The first-order valence-corrected chi connectivity index (χ1v) is 7.28. The van der Waals surface area contributed by atoms with Crippen LogP contribution in [-0.4, -0.2) is 20.6 Å². The van der Waals surface area contributed by atoms with Crippen molar-refractivity contribution in [2.24, 2.45) is 5.92 Å². The molecule has 106 valence electrons. The molecule has 1 aliphatic carbocycles. The van der Waals surface area contributed by atoms with Gasteiger partial charge in [-0.05, 0) is 43.9 Å². The summed E-state index contributed by atoms with van der Waals surface area (Å²) in [7, 11) is 0. The monoisotopic (exact) mass is 272 g/mol. The lowest BCUT2D eigenvalue weighted by molar-refractivity contribution is 0.0697. The summed E-state index contributed by atoms with van der Waals surface area (Å²) in [5.41, 5.74) is 2.19. The second kappa shape index (κ2) is 4.93. The molecule has 0 saturated heterocycles. The number of carboxylic acids is 1. The zero-order valence-electron chi connectivity index (χ0n) is 12.0. The topological polar surface area (TPSA) is 55.1 Å². The number of aryl methyl sites for hydroxylation is 1. The number of carboxylic acid groups (broad SMARTS) is 1. The molecule has 3 rings (SSSR count). The number of fused-ring (bicyclic) bond motifs is 1. The van der Waals surface area contributed by atoms with Crippen molar-refractivity contribution in [1.82, 2.24) is 9.55 Å². The van der Waals surface area contributed by atoms with Crippen LogP contribution < -0.4 is 0 Å². The minimum Gasteiger partial charge on any atom is -0.478 e. The zero-order valence-corrected chi connectivity index (χ0v) is 12.0. The fourth-order valence-electron chi connectivity index (χ4n) is 3.44. The first-order chi connectivity index (χ1) is 9.56. The first kappa shape index (κ1) is 13.2. The summed E-state index contributed by atoms with van der Waals surface area (Å²) in [4.78, 5) is 15.7. The van der Waals surface area contributed by atoms with Crippen molar-refractivity contribution in [3.8, 4) is 0 Å². The zero-order chi connectivity index (χ0) is 14.3. The molecule has 1 N–H and O–H groups in total. The van der Waals surface area contributed by atoms with Crippen molar-refractivity contribution in [3.05, 3.63) is 29.6 Å². The van der Waals surface area contributed by atoms with Crippen LogP contribution in [0.2, 0.25) is 0 Å². The summed E-state index contributed by atoms with van der Waals surface area (Å²) in [6.45, 7) is 4.31. The molecule has 4 heteroatoms. The van der Waals surface area contributed by atoms with Gasteiger partial charge in [-0.1, -0.05) is 19.8 Å². The molecule has 0 aliphatic heterocycles. The van der Waals surface area contributed by atoms with Crippen molar-refractivity contribution in [1.29, 1.82) is 0 Å². The lowest BCUT2D eigenvalue weighted by Gasteiger charge is -2.29. The summed E-state index contributed by atoms with van der Waals surface area (Å²) in [6, 6.07) is 5.66. The number of aromatic carboxylic acids is 1. The van der Waals surface area contributed by atoms with E-state index in [-0.39, 0.29) is 0 Å². The maximum absolute atomic E-state index is 11.2. The standard InChI is InChI=1S/C16H20N2O2/c1-10-4-3-5-13(8-10)18-11(2)17-14-7-6-12(16(19)20)9-15(14)18/h6-7,9-10,13H,3-5,8H2,1-2H3,(H,19,20). The second-order valence-electron chi connectivity index (χ2n) is 5.96. The van der Waals surface area contributed by atoms with Gasteiger partial charge in [-0.25, -0.2) is 9.78 Å². The molecular formula is C16H20N2O2. The predicted octanol–water partition coefficient (Wildman–Crippen LogP) is 3.79. The Bertz CT molecular complexity index is 660. The van der Waals surface area contributed by atoms with Crippen LogP contribution in [0.1, 0.15) is 54.8 Å². The molecular weight excluding hydrogens is 252 g/mol. The largest absolute Gasteiger partial charge is 0.478 e. The van der Waals surface area contributed by atoms with Gasteiger partial charge in [-0.3, -0.25) is 0 Å². The Morgan fingerprint density at radius 3 is 2.90 bits per heavy atom. The highest BCUT2D eigenvalue weighted by Crippen LogP contribution is 2.35. The fraction of sp³-hybridized carbons (Fsp3) is 0.500. The van der Waals surface area contributed by atoms with Gasteiger partial charge in [-0.2, -0.15) is 0 Å². The minimum atomic E-state index is -0.880. The molecule has 1 fully saturated rings. The molecule has 1 aliphatic rings. The number of aromatic nitrogens is 2. The molecule has 1 aromatic heterocycles. The molecule has 2 atom stereocenters. The van der Waals surface area contributed by atoms with Crippen LogP contribution in [0.3, 0.4) is 0 Å². The van der Waals surface area contributed by atoms with E-state index in [1.54, 1.807) is 12.1 Å². The number of carbonyl (C=O) groups is 1. The fourth-order valence-corrected chi connectivity index (χ4v) is 3.44. The van der Waals surface area contributed by atoms with Gasteiger partial charge in [0.2, 0.25) is 0 Å². The Hall–Kier alpha value is -1.84. The average molecular weight is 272 g/mol. The van der Waals surface area contributed by atoms with Crippen molar-refractivity contribution in [3.63, 3.8) is 0 Å². The SMILES string of the molecule is Cc1nc2ccc(C(=O)O)cc2n1C1CCCC(C)C1. The highest BCUT2D eigenvalue weighted by atomic mass is 16.4. The van der Waals surface area contributed by atoms with Gasteiger partial charge >= 0.3 is 5.97 Å². The molecule has 2 aromatic rings. The molecule has 4 nitrogen and oxygen atoms in total. The molecule has 1 heterocycles. The third kappa shape index (κ3) is 2.19. The smallest absolute Gasteiger partial charge is 0.335 e. The summed E-state index contributed by atoms with van der Waals surface area (Å²) >= 11 is 0. The van der Waals surface area contributed by atoms with Gasteiger partial charge in [0.05, 0.1) is 16.6 Å². The Morgan fingerprint density at radius 2 is 2.20 bits per heavy atom. The van der Waals surface area contributed by atoms with E-state index in [1.807, 2.05) is 13.0 Å². The predicted molar refractivity (Wildman–Crippen MR) is 78.1 cm³/mol. The molecule has 0 amide bonds. The van der Waals surface area contributed by atoms with Gasteiger partial charge in [0.25, 0.3) is 0 Å². The minimum absolute atomic E-state index is 0.336. The van der Waals surface area contributed by atoms with Gasteiger partial charge in [-0.15, -0.1) is 0 Å². The van der Waals surface area contributed by atoms with E-state index in [0.717, 1.165) is 35.6 Å². The van der Waals surface area contributed by atoms with Crippen molar-refractivity contribution in [2.45, 2.75) is 45.6 Å². The average Bonchev–Trinajstić information content (AvgIpc) is 2.73. The van der Waals surface area contributed by atoms with Crippen LogP contribution in [0.5, 0.6) is 0 Å². The quantitative estimate of drug-likeness (QED) is 0.904. The van der Waals surface area contributed by atoms with E-state index in [9.17, 15) is 4.79 Å². The van der Waals surface area contributed by atoms with Crippen molar-refractivity contribution >= 4 is 17.0 Å². The molecule has 1 aromatic carbocycles. The van der Waals surface area contributed by atoms with Crippen LogP contribution in [0.4, 0.5) is 0 Å². The second-order valence-corrected chi connectivity index (χ2v) is 5.96. The first-order valence-electron chi connectivity index (χ1n) is 7.28. The maximum Gasteiger partial charge on any atom is 0.335 e. The molecule has 0 spiro atoms. The number of benzene rings is 1. The lowest BCUT2D eigenvalue weighted by Crippen LogP contribution is -2.18. The Kier molecular flexibility index (Phi) is 3.24. The van der Waals surface area contributed by atoms with E-state index in [2.05, 4.69) is 16.5 Å². The third-order valence-corrected chi connectivity index (χ3v) is 4.39. The summed E-state index contributed by atoms with van der Waals surface area (Å²) in [5, 5.41) is 9.16. The maximum atomic E-state index is 11.2. The summed E-state index contributed by atoms with van der Waals surface area (Å²) < 4.78 is 2.25. The molecule has 0 bridgehead atoms. The van der Waals surface area contributed by atoms with E-state index in [1.165, 1.54) is 12.8 Å². The summed E-state index contributed by atoms with van der Waals surface area (Å²) in [5.74, 6) is 0.837. The Labute approximate surface area is 118 Å². The number of hydrogen-bond donors (Lipinski definition) is 1. The molecule has 2 unspecified atom stereocenters.